The monoisotopic (exact) mass is 539 g/mol. The molecule has 0 heterocycles. The van der Waals surface area contributed by atoms with Crippen molar-refractivity contribution in [3.63, 3.8) is 0 Å². The Morgan fingerprint density at radius 1 is 1.13 bits per heavy atom. The molecule has 6 nitrogen and oxygen atoms in total. The van der Waals surface area contributed by atoms with E-state index in [9.17, 15) is 9.90 Å². The van der Waals surface area contributed by atoms with Gasteiger partial charge in [0.05, 0.1) is 0 Å². The maximum atomic E-state index is 12.3. The number of carbonyl (C=O) groups excluding carboxylic acids is 1. The molecule has 0 aromatic heterocycles. The first-order valence-electron chi connectivity index (χ1n) is 9.87. The van der Waals surface area contributed by atoms with E-state index >= 15 is 0 Å². The van der Waals surface area contributed by atoms with Crippen LogP contribution in [0.4, 0.5) is 21.9 Å². The van der Waals surface area contributed by atoms with Crippen LogP contribution in [0, 0.1) is 6.92 Å². The first kappa shape index (κ1) is 24.6. The van der Waals surface area contributed by atoms with Gasteiger partial charge in [0.1, 0.15) is 0 Å². The van der Waals surface area contributed by atoms with Crippen LogP contribution in [0.15, 0.2) is 48.5 Å². The van der Waals surface area contributed by atoms with Crippen molar-refractivity contribution < 1.29 is 14.6 Å². The number of hydrogen-bond donors (Lipinski definition) is 2. The Bertz CT molecular complexity index is 809. The zero-order valence-corrected chi connectivity index (χ0v) is 21.6. The molecule has 0 saturated carbocycles. The molecule has 2 N–H and O–H groups in total. The Balaban J connectivity index is 2.36. The van der Waals surface area contributed by atoms with E-state index in [0.29, 0.717) is 19.0 Å². The van der Waals surface area contributed by atoms with Crippen LogP contribution in [0.2, 0.25) is 0 Å². The minimum absolute atomic E-state index is 0.0550. The number of nitrogens with one attached hydrogen (secondary N) is 1. The predicted molar refractivity (Wildman–Crippen MR) is 125 cm³/mol. The third-order valence-electron chi connectivity index (χ3n) is 4.21. The fourth-order valence-electron chi connectivity index (χ4n) is 2.87. The summed E-state index contributed by atoms with van der Waals surface area (Å²) in [4.78, 5) is 14.3. The second-order valence-electron chi connectivity index (χ2n) is 7.78. The number of aryl methyl sites for hydroxylation is 1. The summed E-state index contributed by atoms with van der Waals surface area (Å²) in [6, 6.07) is 16.2. The fraction of sp³-hybridized carbons (Fsp3) is 0.409. The van der Waals surface area contributed by atoms with Gasteiger partial charge in [0, 0.05) is 0 Å². The van der Waals surface area contributed by atoms with Crippen LogP contribution >= 0.6 is 11.6 Å². The number of ether oxygens (including phenoxy) is 1. The Morgan fingerprint density at radius 3 is 2.43 bits per heavy atom. The third-order valence-corrected chi connectivity index (χ3v) is 7.34. The Kier molecular flexibility index (Phi) is 9.58. The summed E-state index contributed by atoms with van der Waals surface area (Å²) in [5.74, 6) is 0.475. The van der Waals surface area contributed by atoms with Crippen molar-refractivity contribution in [3.8, 4) is 0 Å². The van der Waals surface area contributed by atoms with Gasteiger partial charge in [-0.15, -0.1) is 0 Å². The maximum absolute atomic E-state index is 12.3. The summed E-state index contributed by atoms with van der Waals surface area (Å²) in [6.07, 6.45) is -0.395. The Labute approximate surface area is 195 Å². The second-order valence-corrected chi connectivity index (χ2v) is 10.8. The molecule has 0 aliphatic rings. The van der Waals surface area contributed by atoms with Crippen LogP contribution < -0.4 is 11.6 Å². The topological polar surface area (TPSA) is 65.0 Å². The number of para-hydroxylation sites is 1. The summed E-state index contributed by atoms with van der Waals surface area (Å²) in [6.45, 7) is 8.83. The number of anilines is 3. The van der Waals surface area contributed by atoms with Crippen molar-refractivity contribution >= 4 is 56.4 Å². The van der Waals surface area contributed by atoms with E-state index < -0.39 is 33.4 Å². The summed E-state index contributed by atoms with van der Waals surface area (Å²) >= 11 is 4.37. The summed E-state index contributed by atoms with van der Waals surface area (Å²) in [7, 11) is 0. The number of aliphatic hydroxyl groups excluding tert-OH is 1. The number of benzene rings is 2. The van der Waals surface area contributed by atoms with Gasteiger partial charge in [-0.1, -0.05) is 0 Å². The number of hydrogen-bond acceptors (Lipinski definition) is 5. The number of aliphatic hydroxyl groups is 1. The quantitative estimate of drug-likeness (QED) is 0.370. The minimum atomic E-state index is -1.60. The third kappa shape index (κ3) is 7.56. The van der Waals surface area contributed by atoms with E-state index in [2.05, 4.69) is 30.6 Å². The molecule has 0 aliphatic heterocycles. The average molecular weight is 539 g/mol. The number of halogens is 1. The molecule has 2 radical (unpaired) electrons. The molecule has 1 amide bonds. The number of rotatable bonds is 9. The van der Waals surface area contributed by atoms with Crippen molar-refractivity contribution in [3.05, 3.63) is 54.1 Å². The van der Waals surface area contributed by atoms with E-state index in [1.165, 1.54) is 0 Å². The molecule has 0 aliphatic carbocycles. The molecule has 8 heteroatoms. The van der Waals surface area contributed by atoms with Crippen molar-refractivity contribution in [2.45, 2.75) is 33.3 Å². The molecule has 0 saturated heterocycles. The van der Waals surface area contributed by atoms with Crippen LogP contribution in [0.5, 0.6) is 0 Å². The van der Waals surface area contributed by atoms with Gasteiger partial charge in [-0.3, -0.25) is 0 Å². The predicted octanol–water partition coefficient (Wildman–Crippen LogP) is 4.23. The number of alkyl halides is 1. The van der Waals surface area contributed by atoms with E-state index in [1.807, 2.05) is 57.2 Å². The van der Waals surface area contributed by atoms with Crippen molar-refractivity contribution in [1.82, 2.24) is 3.54 Å². The molecule has 2 aromatic rings. The van der Waals surface area contributed by atoms with Gasteiger partial charge in [0.15, 0.2) is 0 Å². The van der Waals surface area contributed by atoms with E-state index in [4.69, 9.17) is 16.3 Å². The molecule has 2 rings (SSSR count). The molecular weight excluding hydrogens is 508 g/mol. The molecule has 0 bridgehead atoms. The van der Waals surface area contributed by atoms with Gasteiger partial charge >= 0.3 is 196 Å². The molecule has 0 spiro atoms. The van der Waals surface area contributed by atoms with Gasteiger partial charge in [-0.2, -0.15) is 0 Å². The molecule has 0 fully saturated rings. The SMILES string of the molecule is Cc1ccc(N(CCO)CCCl)cc1[N]([Sn][NH]C(=O)OC(C)(C)C)c1ccccc1. The van der Waals surface area contributed by atoms with E-state index in [-0.39, 0.29) is 6.61 Å². The van der Waals surface area contributed by atoms with Crippen molar-refractivity contribution in [2.75, 3.05) is 33.6 Å². The number of carbonyl (C=O) groups is 1. The average Bonchev–Trinajstić information content (AvgIpc) is 2.69. The molecule has 0 unspecified atom stereocenters. The first-order chi connectivity index (χ1) is 14.2. The summed E-state index contributed by atoms with van der Waals surface area (Å²) in [5, 5.41) is 9.43. The van der Waals surface area contributed by atoms with Crippen LogP contribution in [0.1, 0.15) is 26.3 Å². The van der Waals surface area contributed by atoms with Gasteiger partial charge in [0.2, 0.25) is 0 Å². The van der Waals surface area contributed by atoms with Crippen molar-refractivity contribution in [1.29, 1.82) is 0 Å². The Morgan fingerprint density at radius 2 is 1.83 bits per heavy atom. The van der Waals surface area contributed by atoms with E-state index in [1.54, 1.807) is 0 Å². The van der Waals surface area contributed by atoms with Crippen LogP contribution in [0.25, 0.3) is 0 Å². The van der Waals surface area contributed by atoms with Gasteiger partial charge < -0.3 is 0 Å². The zero-order chi connectivity index (χ0) is 22.1. The second kappa shape index (κ2) is 11.7. The normalized spacial score (nSPS) is 11.1. The van der Waals surface area contributed by atoms with Crippen LogP contribution in [0.3, 0.4) is 0 Å². The zero-order valence-electron chi connectivity index (χ0n) is 18.0. The first-order valence-corrected chi connectivity index (χ1v) is 13.1. The summed E-state index contributed by atoms with van der Waals surface area (Å²) < 4.78 is 10.7. The molecule has 2 aromatic carbocycles. The van der Waals surface area contributed by atoms with Crippen LogP contribution in [-0.2, 0) is 4.74 Å². The standard InChI is InChI=1S/C17H20ClN2O.C5H11NO2.Sn/c1-14-7-8-16(20(10-9-18)11-12-21)13-17(14)19-15-5-3-2-4-6-15;1-5(2,3)8-4(6)7;/h2-8,13,21H,9-12H2,1H3;1-3H3,(H2,6,7);/q-1;;+2/p-1. The molecule has 0 atom stereocenters. The van der Waals surface area contributed by atoms with Crippen LogP contribution in [-0.4, -0.2) is 64.1 Å². The fourth-order valence-corrected chi connectivity index (χ4v) is 5.63. The summed E-state index contributed by atoms with van der Waals surface area (Å²) in [5.41, 5.74) is 3.60. The van der Waals surface area contributed by atoms with Crippen molar-refractivity contribution in [2.24, 2.45) is 0 Å². The molecule has 30 heavy (non-hydrogen) atoms. The van der Waals surface area contributed by atoms with Gasteiger partial charge in [0.25, 0.3) is 0 Å². The molecule has 162 valence electrons. The Hall–Kier alpha value is -1.64. The number of amides is 1. The number of nitrogens with zero attached hydrogens (tertiary/aromatic N) is 2. The van der Waals surface area contributed by atoms with Gasteiger partial charge in [-0.05, 0) is 0 Å². The van der Waals surface area contributed by atoms with Gasteiger partial charge in [-0.25, -0.2) is 0 Å². The van der Waals surface area contributed by atoms with E-state index in [0.717, 1.165) is 22.6 Å². The molecular formula is C22H30ClN3O3Sn.